The van der Waals surface area contributed by atoms with Crippen LogP contribution in [0.3, 0.4) is 0 Å². The van der Waals surface area contributed by atoms with Crippen LogP contribution in [0.2, 0.25) is 0 Å². The molecule has 0 aromatic heterocycles. The van der Waals surface area contributed by atoms with Gasteiger partial charge in [0.25, 0.3) is 0 Å². The second kappa shape index (κ2) is 8.97. The highest BCUT2D eigenvalue weighted by molar-refractivity contribution is 5.77. The summed E-state index contributed by atoms with van der Waals surface area (Å²) in [6.45, 7) is 7.11. The van der Waals surface area contributed by atoms with E-state index in [9.17, 15) is 4.79 Å². The largest absolute Gasteiger partial charge is 0.501 e. The quantitative estimate of drug-likeness (QED) is 0.826. The fraction of sp³-hybridized carbons (Fsp3) is 0.350. The fourth-order valence-electron chi connectivity index (χ4n) is 2.81. The lowest BCUT2D eigenvalue weighted by Gasteiger charge is -2.29. The zero-order chi connectivity index (χ0) is 18.2. The zero-order valence-electron chi connectivity index (χ0n) is 15.2. The summed E-state index contributed by atoms with van der Waals surface area (Å²) in [7, 11) is 3.21. The minimum Gasteiger partial charge on any atom is -0.501 e. The maximum Gasteiger partial charge on any atom is 0.321 e. The second-order valence-electron chi connectivity index (χ2n) is 5.81. The Labute approximate surface area is 149 Å². The summed E-state index contributed by atoms with van der Waals surface area (Å²) < 4.78 is 10.6. The number of methoxy groups -OCH3 is 2. The Morgan fingerprint density at radius 3 is 2.72 bits per heavy atom. The highest BCUT2D eigenvalue weighted by atomic mass is 16.5. The summed E-state index contributed by atoms with van der Waals surface area (Å²) in [4.78, 5) is 14.4. The van der Waals surface area contributed by atoms with Crippen molar-refractivity contribution in [3.8, 4) is 0 Å². The molecule has 5 heteroatoms. The van der Waals surface area contributed by atoms with Crippen LogP contribution in [0.5, 0.6) is 0 Å². The summed E-state index contributed by atoms with van der Waals surface area (Å²) in [5, 5.41) is 2.98. The SMILES string of the molecule is C=CC1=C(/C=C\C)CCN(C(=O)NC2=CC=C(OC)C=C(OC)C2)C1. The van der Waals surface area contributed by atoms with Crippen LogP contribution in [0, 0.1) is 0 Å². The standard InChI is InChI=1S/C20H26N2O3/c1-5-7-16-10-11-22(14-15(16)6-2)20(23)21-17-8-9-18(24-3)13-19(12-17)25-4/h5-9,13H,2,10-12,14H2,1,3-4H3,(H,21,23)/b7-5-. The Bertz CT molecular complexity index is 681. The van der Waals surface area contributed by atoms with Crippen LogP contribution >= 0.6 is 0 Å². The maximum absolute atomic E-state index is 12.6. The van der Waals surface area contributed by atoms with Crippen LogP contribution in [-0.2, 0) is 9.47 Å². The molecule has 2 aliphatic rings. The lowest BCUT2D eigenvalue weighted by molar-refractivity contribution is 0.203. The van der Waals surface area contributed by atoms with Crippen molar-refractivity contribution in [3.05, 3.63) is 71.4 Å². The Balaban J connectivity index is 2.08. The Morgan fingerprint density at radius 2 is 2.08 bits per heavy atom. The highest BCUT2D eigenvalue weighted by Gasteiger charge is 2.21. The van der Waals surface area contributed by atoms with E-state index in [2.05, 4.69) is 18.0 Å². The minimum absolute atomic E-state index is 0.116. The predicted octanol–water partition coefficient (Wildman–Crippen LogP) is 3.81. The van der Waals surface area contributed by atoms with Gasteiger partial charge in [0, 0.05) is 31.3 Å². The van der Waals surface area contributed by atoms with E-state index < -0.39 is 0 Å². The van der Waals surface area contributed by atoms with Gasteiger partial charge in [0.15, 0.2) is 0 Å². The van der Waals surface area contributed by atoms with Crippen LogP contribution in [0.4, 0.5) is 4.79 Å². The van der Waals surface area contributed by atoms with Gasteiger partial charge in [-0.25, -0.2) is 4.79 Å². The van der Waals surface area contributed by atoms with Gasteiger partial charge in [-0.3, -0.25) is 0 Å². The van der Waals surface area contributed by atoms with Crippen molar-refractivity contribution in [1.29, 1.82) is 0 Å². The molecular weight excluding hydrogens is 316 g/mol. The number of amides is 2. The maximum atomic E-state index is 12.6. The molecule has 0 saturated carbocycles. The molecule has 0 spiro atoms. The summed E-state index contributed by atoms with van der Waals surface area (Å²) in [5.41, 5.74) is 3.11. The molecule has 25 heavy (non-hydrogen) atoms. The molecular formula is C20H26N2O3. The number of carbonyl (C=O) groups excluding carboxylic acids is 1. The van der Waals surface area contributed by atoms with Crippen LogP contribution in [0.25, 0.3) is 0 Å². The summed E-state index contributed by atoms with van der Waals surface area (Å²) >= 11 is 0. The molecule has 1 N–H and O–H groups in total. The minimum atomic E-state index is -0.116. The van der Waals surface area contributed by atoms with E-state index in [1.165, 1.54) is 5.57 Å². The first-order valence-corrected chi connectivity index (χ1v) is 8.33. The predicted molar refractivity (Wildman–Crippen MR) is 99.6 cm³/mol. The number of carbonyl (C=O) groups is 1. The molecule has 0 aromatic rings. The summed E-state index contributed by atoms with van der Waals surface area (Å²) in [6.07, 6.45) is 12.8. The number of nitrogens with one attached hydrogen (secondary N) is 1. The molecule has 2 amide bonds. The van der Waals surface area contributed by atoms with Crippen molar-refractivity contribution < 1.29 is 14.3 Å². The number of hydrogen-bond donors (Lipinski definition) is 1. The van der Waals surface area contributed by atoms with Crippen LogP contribution in [0.15, 0.2) is 71.4 Å². The molecule has 0 fully saturated rings. The van der Waals surface area contributed by atoms with Gasteiger partial charge in [0.05, 0.1) is 14.2 Å². The average molecular weight is 342 g/mol. The second-order valence-corrected chi connectivity index (χ2v) is 5.81. The normalized spacial score (nSPS) is 18.2. The van der Waals surface area contributed by atoms with Gasteiger partial charge < -0.3 is 19.7 Å². The monoisotopic (exact) mass is 342 g/mol. The van der Waals surface area contributed by atoms with E-state index in [0.717, 1.165) is 23.5 Å². The molecule has 0 radical (unpaired) electrons. The first-order valence-electron chi connectivity index (χ1n) is 8.33. The van der Waals surface area contributed by atoms with Gasteiger partial charge in [-0.05, 0) is 36.6 Å². The van der Waals surface area contributed by atoms with Crippen LogP contribution < -0.4 is 5.32 Å². The lowest BCUT2D eigenvalue weighted by Crippen LogP contribution is -2.43. The first-order chi connectivity index (χ1) is 12.1. The molecule has 0 unspecified atom stereocenters. The topological polar surface area (TPSA) is 50.8 Å². The average Bonchev–Trinajstić information content (AvgIpc) is 2.84. The van der Waals surface area contributed by atoms with Crippen LogP contribution in [-0.4, -0.2) is 38.2 Å². The van der Waals surface area contributed by atoms with Crippen molar-refractivity contribution in [2.45, 2.75) is 19.8 Å². The molecule has 2 rings (SSSR count). The number of rotatable bonds is 5. The number of urea groups is 1. The Hall–Kier alpha value is -2.69. The van der Waals surface area contributed by atoms with Gasteiger partial charge in [-0.15, -0.1) is 0 Å². The van der Waals surface area contributed by atoms with Crippen LogP contribution in [0.1, 0.15) is 19.8 Å². The van der Waals surface area contributed by atoms with Gasteiger partial charge >= 0.3 is 6.03 Å². The van der Waals surface area contributed by atoms with Crippen molar-refractivity contribution in [1.82, 2.24) is 10.2 Å². The van der Waals surface area contributed by atoms with E-state index >= 15 is 0 Å². The Morgan fingerprint density at radius 1 is 1.28 bits per heavy atom. The van der Waals surface area contributed by atoms with Crippen molar-refractivity contribution in [2.75, 3.05) is 27.3 Å². The summed E-state index contributed by atoms with van der Waals surface area (Å²) in [5.74, 6) is 1.42. The number of hydrogen-bond acceptors (Lipinski definition) is 3. The van der Waals surface area contributed by atoms with Gasteiger partial charge in [-0.2, -0.15) is 0 Å². The van der Waals surface area contributed by atoms with Gasteiger partial charge in [0.2, 0.25) is 0 Å². The van der Waals surface area contributed by atoms with Gasteiger partial charge in [0.1, 0.15) is 11.5 Å². The molecule has 134 valence electrons. The van der Waals surface area contributed by atoms with Crippen molar-refractivity contribution >= 4 is 6.03 Å². The summed E-state index contributed by atoms with van der Waals surface area (Å²) in [6, 6.07) is -0.116. The van der Waals surface area contributed by atoms with E-state index in [4.69, 9.17) is 9.47 Å². The molecule has 1 aliphatic carbocycles. The number of ether oxygens (including phenoxy) is 2. The Kier molecular flexibility index (Phi) is 6.69. The van der Waals surface area contributed by atoms with E-state index in [-0.39, 0.29) is 6.03 Å². The van der Waals surface area contributed by atoms with E-state index in [0.29, 0.717) is 25.3 Å². The molecule has 5 nitrogen and oxygen atoms in total. The van der Waals surface area contributed by atoms with Crippen molar-refractivity contribution in [3.63, 3.8) is 0 Å². The van der Waals surface area contributed by atoms with Crippen molar-refractivity contribution in [2.24, 2.45) is 0 Å². The first kappa shape index (κ1) is 18.6. The zero-order valence-corrected chi connectivity index (χ0v) is 15.2. The molecule has 0 aromatic carbocycles. The third-order valence-electron chi connectivity index (χ3n) is 4.21. The molecule has 1 heterocycles. The molecule has 1 aliphatic heterocycles. The molecule has 0 bridgehead atoms. The third-order valence-corrected chi connectivity index (χ3v) is 4.21. The lowest BCUT2D eigenvalue weighted by atomic mass is 10.00. The molecule has 0 saturated heterocycles. The van der Waals surface area contributed by atoms with E-state index in [1.54, 1.807) is 19.1 Å². The van der Waals surface area contributed by atoms with E-state index in [1.807, 2.05) is 37.3 Å². The smallest absolute Gasteiger partial charge is 0.321 e. The fourth-order valence-corrected chi connectivity index (χ4v) is 2.81. The number of allylic oxidation sites excluding steroid dienone is 5. The third kappa shape index (κ3) is 4.89. The van der Waals surface area contributed by atoms with Gasteiger partial charge in [-0.1, -0.05) is 24.8 Å². The highest BCUT2D eigenvalue weighted by Crippen LogP contribution is 2.21. The number of nitrogens with zero attached hydrogens (tertiary/aromatic N) is 1. The molecule has 0 atom stereocenters.